The van der Waals surface area contributed by atoms with Gasteiger partial charge in [0.05, 0.1) is 23.2 Å². The van der Waals surface area contributed by atoms with Gasteiger partial charge in [0.2, 0.25) is 11.8 Å². The third-order valence-electron chi connectivity index (χ3n) is 3.91. The molecule has 0 bridgehead atoms. The second-order valence-corrected chi connectivity index (χ2v) is 5.89. The maximum absolute atomic E-state index is 12.7. The number of para-hydroxylation sites is 1. The summed E-state index contributed by atoms with van der Waals surface area (Å²) in [5.74, 6) is -1.82. The van der Waals surface area contributed by atoms with E-state index >= 15 is 0 Å². The normalized spacial score (nSPS) is 16.6. The van der Waals surface area contributed by atoms with Gasteiger partial charge in [0.1, 0.15) is 6.04 Å². The van der Waals surface area contributed by atoms with Crippen LogP contribution in [0.3, 0.4) is 0 Å². The summed E-state index contributed by atoms with van der Waals surface area (Å²) in [6, 6.07) is 9.33. The molecule has 140 valence electrons. The average molecular weight is 377 g/mol. The van der Waals surface area contributed by atoms with Crippen LogP contribution in [-0.2, 0) is 15.8 Å². The highest BCUT2D eigenvalue weighted by atomic mass is 19.4. The molecular formula is C18H14F3N3O3. The highest BCUT2D eigenvalue weighted by Gasteiger charge is 2.31. The second-order valence-electron chi connectivity index (χ2n) is 5.89. The quantitative estimate of drug-likeness (QED) is 0.769. The maximum atomic E-state index is 12.7. The van der Waals surface area contributed by atoms with Crippen molar-refractivity contribution in [3.8, 4) is 0 Å². The van der Waals surface area contributed by atoms with Gasteiger partial charge in [-0.1, -0.05) is 18.2 Å². The van der Waals surface area contributed by atoms with E-state index in [0.29, 0.717) is 5.69 Å². The number of hydrogen-bond donors (Lipinski definition) is 3. The Morgan fingerprint density at radius 3 is 2.56 bits per heavy atom. The fourth-order valence-corrected chi connectivity index (χ4v) is 2.63. The van der Waals surface area contributed by atoms with Crippen molar-refractivity contribution in [3.05, 3.63) is 59.7 Å². The summed E-state index contributed by atoms with van der Waals surface area (Å²) < 4.78 is 38.2. The lowest BCUT2D eigenvalue weighted by Gasteiger charge is -2.15. The minimum Gasteiger partial charge on any atom is -0.340 e. The van der Waals surface area contributed by atoms with Crippen LogP contribution in [0.25, 0.3) is 0 Å². The highest BCUT2D eigenvalue weighted by Crippen LogP contribution is 2.30. The minimum absolute atomic E-state index is 0.0570. The third-order valence-corrected chi connectivity index (χ3v) is 3.91. The van der Waals surface area contributed by atoms with E-state index in [0.717, 1.165) is 18.2 Å². The molecule has 2 aromatic rings. The van der Waals surface area contributed by atoms with Crippen molar-refractivity contribution in [2.75, 3.05) is 10.6 Å². The van der Waals surface area contributed by atoms with E-state index in [9.17, 15) is 27.6 Å². The van der Waals surface area contributed by atoms with Crippen molar-refractivity contribution in [1.82, 2.24) is 5.32 Å². The number of carbonyl (C=O) groups is 3. The number of rotatable bonds is 3. The fraction of sp³-hybridized carbons (Fsp3) is 0.167. The SMILES string of the molecule is O=C(C[C@H]1NC(=O)c2ccccc2NC1=O)Nc1cccc(C(F)(F)F)c1. The van der Waals surface area contributed by atoms with E-state index in [1.54, 1.807) is 18.2 Å². The molecule has 0 radical (unpaired) electrons. The van der Waals surface area contributed by atoms with Gasteiger partial charge < -0.3 is 16.0 Å². The number of alkyl halides is 3. The molecule has 0 saturated carbocycles. The van der Waals surface area contributed by atoms with Gasteiger partial charge >= 0.3 is 6.18 Å². The van der Waals surface area contributed by atoms with Crippen molar-refractivity contribution >= 4 is 29.1 Å². The molecule has 27 heavy (non-hydrogen) atoms. The molecule has 0 fully saturated rings. The van der Waals surface area contributed by atoms with Crippen LogP contribution >= 0.6 is 0 Å². The zero-order valence-corrected chi connectivity index (χ0v) is 13.8. The van der Waals surface area contributed by atoms with Gasteiger partial charge in [0.25, 0.3) is 5.91 Å². The standard InChI is InChI=1S/C18H14F3N3O3/c19-18(20,21)10-4-3-5-11(8-10)22-15(25)9-14-17(27)23-13-7-2-1-6-12(13)16(26)24-14/h1-8,14H,9H2,(H,22,25)(H,23,27)(H,24,26)/t14-/m1/s1. The zero-order valence-electron chi connectivity index (χ0n) is 13.8. The minimum atomic E-state index is -4.54. The van der Waals surface area contributed by atoms with Crippen LogP contribution in [0, 0.1) is 0 Å². The summed E-state index contributed by atoms with van der Waals surface area (Å²) in [5.41, 5.74) is -0.387. The largest absolute Gasteiger partial charge is 0.416 e. The number of amides is 3. The summed E-state index contributed by atoms with van der Waals surface area (Å²) in [6.07, 6.45) is -4.97. The predicted molar refractivity (Wildman–Crippen MR) is 91.0 cm³/mol. The van der Waals surface area contributed by atoms with Crippen molar-refractivity contribution < 1.29 is 27.6 Å². The molecule has 1 aliphatic rings. The number of hydrogen-bond acceptors (Lipinski definition) is 3. The molecule has 0 unspecified atom stereocenters. The third kappa shape index (κ3) is 4.25. The molecule has 0 aromatic heterocycles. The lowest BCUT2D eigenvalue weighted by molar-refractivity contribution is -0.137. The van der Waals surface area contributed by atoms with Crippen molar-refractivity contribution in [1.29, 1.82) is 0 Å². The molecule has 3 amide bonds. The van der Waals surface area contributed by atoms with Crippen LogP contribution in [0.15, 0.2) is 48.5 Å². The van der Waals surface area contributed by atoms with E-state index in [1.165, 1.54) is 12.1 Å². The molecule has 1 heterocycles. The van der Waals surface area contributed by atoms with Gasteiger partial charge in [0.15, 0.2) is 0 Å². The predicted octanol–water partition coefficient (Wildman–Crippen LogP) is 2.78. The lowest BCUT2D eigenvalue weighted by atomic mass is 10.1. The first-order valence-electron chi connectivity index (χ1n) is 7.92. The van der Waals surface area contributed by atoms with Crippen LogP contribution in [0.5, 0.6) is 0 Å². The summed E-state index contributed by atoms with van der Waals surface area (Å²) in [6.45, 7) is 0. The van der Waals surface area contributed by atoms with E-state index < -0.39 is 41.9 Å². The molecule has 9 heteroatoms. The first-order valence-corrected chi connectivity index (χ1v) is 7.92. The summed E-state index contributed by atoms with van der Waals surface area (Å²) in [7, 11) is 0. The number of anilines is 2. The molecule has 1 atom stereocenters. The van der Waals surface area contributed by atoms with E-state index in [2.05, 4.69) is 16.0 Å². The first-order chi connectivity index (χ1) is 12.7. The Balaban J connectivity index is 1.70. The number of fused-ring (bicyclic) bond motifs is 1. The highest BCUT2D eigenvalue weighted by molar-refractivity contribution is 6.11. The van der Waals surface area contributed by atoms with E-state index in [4.69, 9.17) is 0 Å². The number of benzene rings is 2. The molecule has 0 aliphatic carbocycles. The summed E-state index contributed by atoms with van der Waals surface area (Å²) >= 11 is 0. The fourth-order valence-electron chi connectivity index (χ4n) is 2.63. The van der Waals surface area contributed by atoms with Crippen molar-refractivity contribution in [2.45, 2.75) is 18.6 Å². The average Bonchev–Trinajstić information content (AvgIpc) is 2.71. The summed E-state index contributed by atoms with van der Waals surface area (Å²) in [4.78, 5) is 36.6. The first kappa shape index (κ1) is 18.4. The maximum Gasteiger partial charge on any atom is 0.416 e. The molecule has 0 saturated heterocycles. The van der Waals surface area contributed by atoms with Gasteiger partial charge in [-0.2, -0.15) is 13.2 Å². The Bertz CT molecular complexity index is 912. The van der Waals surface area contributed by atoms with Gasteiger partial charge in [-0.25, -0.2) is 0 Å². The monoisotopic (exact) mass is 377 g/mol. The Labute approximate surface area is 151 Å². The number of halogens is 3. The van der Waals surface area contributed by atoms with Gasteiger partial charge in [-0.05, 0) is 30.3 Å². The molecule has 3 N–H and O–H groups in total. The topological polar surface area (TPSA) is 87.3 Å². The van der Waals surface area contributed by atoms with Gasteiger partial charge in [-0.15, -0.1) is 0 Å². The van der Waals surface area contributed by atoms with Crippen LogP contribution < -0.4 is 16.0 Å². The molecule has 2 aromatic carbocycles. The van der Waals surface area contributed by atoms with E-state index in [-0.39, 0.29) is 11.3 Å². The number of nitrogens with one attached hydrogen (secondary N) is 3. The Hall–Kier alpha value is -3.36. The number of carbonyl (C=O) groups excluding carboxylic acids is 3. The molecule has 3 rings (SSSR count). The smallest absolute Gasteiger partial charge is 0.340 e. The Kier molecular flexibility index (Phi) is 4.85. The summed E-state index contributed by atoms with van der Waals surface area (Å²) in [5, 5.41) is 7.30. The second kappa shape index (κ2) is 7.10. The molecular weight excluding hydrogens is 363 g/mol. The zero-order chi connectivity index (χ0) is 19.6. The van der Waals surface area contributed by atoms with Crippen LogP contribution in [-0.4, -0.2) is 23.8 Å². The Morgan fingerprint density at radius 2 is 1.81 bits per heavy atom. The van der Waals surface area contributed by atoms with Crippen LogP contribution in [0.4, 0.5) is 24.5 Å². The molecule has 6 nitrogen and oxygen atoms in total. The van der Waals surface area contributed by atoms with Crippen LogP contribution in [0.2, 0.25) is 0 Å². The molecule has 0 spiro atoms. The molecule has 1 aliphatic heterocycles. The van der Waals surface area contributed by atoms with E-state index in [1.807, 2.05) is 0 Å². The van der Waals surface area contributed by atoms with Crippen LogP contribution in [0.1, 0.15) is 22.3 Å². The Morgan fingerprint density at radius 1 is 1.07 bits per heavy atom. The van der Waals surface area contributed by atoms with Gasteiger partial charge in [-0.3, -0.25) is 14.4 Å². The van der Waals surface area contributed by atoms with Gasteiger partial charge in [0, 0.05) is 5.69 Å². The van der Waals surface area contributed by atoms with Crippen molar-refractivity contribution in [2.24, 2.45) is 0 Å². The van der Waals surface area contributed by atoms with Crippen molar-refractivity contribution in [3.63, 3.8) is 0 Å². The lowest BCUT2D eigenvalue weighted by Crippen LogP contribution is -2.43.